The van der Waals surface area contributed by atoms with Crippen molar-refractivity contribution in [3.63, 3.8) is 0 Å². The fourth-order valence-electron chi connectivity index (χ4n) is 4.82. The number of carbonyl (C=O) groups is 1. The average molecular weight is 474 g/mol. The Balaban J connectivity index is 1.59. The molecule has 0 aliphatic heterocycles. The first-order valence-electron chi connectivity index (χ1n) is 11.9. The molecule has 6 heteroatoms. The molecule has 2 aromatic heterocycles. The number of hydrogen-bond acceptors (Lipinski definition) is 2. The van der Waals surface area contributed by atoms with Crippen LogP contribution in [0.4, 0.5) is 0 Å². The maximum absolute atomic E-state index is 13.6. The summed E-state index contributed by atoms with van der Waals surface area (Å²) in [6, 6.07) is 21.2. The highest BCUT2D eigenvalue weighted by molar-refractivity contribution is 6.30. The van der Waals surface area contributed by atoms with Crippen molar-refractivity contribution in [2.24, 2.45) is 5.92 Å². The van der Waals surface area contributed by atoms with Crippen molar-refractivity contribution in [3.05, 3.63) is 99.6 Å². The third kappa shape index (κ3) is 4.53. The highest BCUT2D eigenvalue weighted by Gasteiger charge is 2.23. The van der Waals surface area contributed by atoms with Crippen LogP contribution in [0.25, 0.3) is 16.8 Å². The predicted octanol–water partition coefficient (Wildman–Crippen LogP) is 5.78. The summed E-state index contributed by atoms with van der Waals surface area (Å²) in [5.41, 5.74) is 3.49. The van der Waals surface area contributed by atoms with E-state index in [0.717, 1.165) is 42.5 Å². The molecule has 1 N–H and O–H groups in total. The van der Waals surface area contributed by atoms with E-state index in [9.17, 15) is 9.59 Å². The van der Waals surface area contributed by atoms with Gasteiger partial charge in [0.1, 0.15) is 11.2 Å². The van der Waals surface area contributed by atoms with E-state index in [-0.39, 0.29) is 17.5 Å². The number of nitrogens with zero attached hydrogens (tertiary/aromatic N) is 2. The molecule has 0 saturated heterocycles. The van der Waals surface area contributed by atoms with Gasteiger partial charge in [0.2, 0.25) is 0 Å². The maximum atomic E-state index is 13.6. The van der Waals surface area contributed by atoms with Gasteiger partial charge in [-0.15, -0.1) is 0 Å². The second kappa shape index (κ2) is 9.51. The maximum Gasteiger partial charge on any atom is 0.275 e. The van der Waals surface area contributed by atoms with Crippen molar-refractivity contribution >= 4 is 23.0 Å². The lowest BCUT2D eigenvalue weighted by atomic mass is 9.87. The zero-order chi connectivity index (χ0) is 23.7. The van der Waals surface area contributed by atoms with E-state index in [2.05, 4.69) is 12.2 Å². The Morgan fingerprint density at radius 1 is 0.971 bits per heavy atom. The number of fused-ring (bicyclic) bond motifs is 1. The third-order valence-corrected chi connectivity index (χ3v) is 7.08. The molecule has 1 fully saturated rings. The van der Waals surface area contributed by atoms with Crippen molar-refractivity contribution in [1.29, 1.82) is 0 Å². The van der Waals surface area contributed by atoms with Crippen LogP contribution >= 0.6 is 11.6 Å². The van der Waals surface area contributed by atoms with Crippen LogP contribution in [0.5, 0.6) is 0 Å². The standard InChI is InChI=1S/C28H28ClN3O2/c1-19-7-13-23(14-8-19)30-27(33)26-18-31-24(21-5-3-2-4-6-21)15-16-25(31)28(34)32(26)17-20-9-11-22(29)12-10-20/h2-6,9-12,15-16,18-19,23H,7-8,13-14,17H2,1H3,(H,30,33). The molecule has 5 rings (SSSR count). The van der Waals surface area contributed by atoms with Crippen LogP contribution in [0.15, 0.2) is 77.7 Å². The van der Waals surface area contributed by atoms with Gasteiger partial charge in [-0.25, -0.2) is 0 Å². The zero-order valence-electron chi connectivity index (χ0n) is 19.2. The van der Waals surface area contributed by atoms with E-state index >= 15 is 0 Å². The van der Waals surface area contributed by atoms with Crippen LogP contribution in [-0.4, -0.2) is 20.9 Å². The van der Waals surface area contributed by atoms with Crippen LogP contribution in [0.3, 0.4) is 0 Å². The molecular weight excluding hydrogens is 446 g/mol. The minimum absolute atomic E-state index is 0.136. The van der Waals surface area contributed by atoms with Crippen molar-refractivity contribution in [2.75, 3.05) is 0 Å². The molecule has 1 saturated carbocycles. The monoisotopic (exact) mass is 473 g/mol. The van der Waals surface area contributed by atoms with E-state index in [0.29, 0.717) is 28.7 Å². The molecule has 1 aliphatic carbocycles. The summed E-state index contributed by atoms with van der Waals surface area (Å²) < 4.78 is 3.42. The van der Waals surface area contributed by atoms with Crippen LogP contribution in [-0.2, 0) is 6.54 Å². The number of amides is 1. The summed E-state index contributed by atoms with van der Waals surface area (Å²) in [6.07, 6.45) is 5.95. The molecule has 0 spiro atoms. The minimum Gasteiger partial charge on any atom is -0.348 e. The summed E-state index contributed by atoms with van der Waals surface area (Å²) in [4.78, 5) is 27.2. The average Bonchev–Trinajstić information content (AvgIpc) is 3.28. The highest BCUT2D eigenvalue weighted by Crippen LogP contribution is 2.25. The number of carbonyl (C=O) groups excluding carboxylic acids is 1. The lowest BCUT2D eigenvalue weighted by Gasteiger charge is -2.27. The first-order chi connectivity index (χ1) is 16.5. The van der Waals surface area contributed by atoms with Crippen LogP contribution in [0.2, 0.25) is 5.02 Å². The van der Waals surface area contributed by atoms with E-state index in [4.69, 9.17) is 11.6 Å². The third-order valence-electron chi connectivity index (χ3n) is 6.83. The first-order valence-corrected chi connectivity index (χ1v) is 12.2. The molecule has 0 bridgehead atoms. The van der Waals surface area contributed by atoms with Gasteiger partial charge in [-0.3, -0.25) is 14.2 Å². The molecule has 4 aromatic rings. The van der Waals surface area contributed by atoms with Crippen molar-refractivity contribution < 1.29 is 4.79 Å². The normalized spacial score (nSPS) is 18.2. The summed E-state index contributed by atoms with van der Waals surface area (Å²) in [6.45, 7) is 2.55. The van der Waals surface area contributed by atoms with Crippen molar-refractivity contribution in [3.8, 4) is 11.3 Å². The Kier molecular flexibility index (Phi) is 6.29. The first kappa shape index (κ1) is 22.5. The van der Waals surface area contributed by atoms with Gasteiger partial charge in [0.15, 0.2) is 0 Å². The van der Waals surface area contributed by atoms with Crippen LogP contribution < -0.4 is 10.9 Å². The number of rotatable bonds is 5. The molecule has 0 unspecified atom stereocenters. The SMILES string of the molecule is CC1CCC(NC(=O)c2cn3c(-c4ccccc4)ccc3c(=O)n2Cc2ccc(Cl)cc2)CC1. The summed E-state index contributed by atoms with van der Waals surface area (Å²) in [5.74, 6) is 0.487. The van der Waals surface area contributed by atoms with E-state index in [1.165, 1.54) is 0 Å². The topological polar surface area (TPSA) is 55.5 Å². The van der Waals surface area contributed by atoms with Crippen LogP contribution in [0.1, 0.15) is 48.7 Å². The van der Waals surface area contributed by atoms with E-state index in [1.54, 1.807) is 22.9 Å². The lowest BCUT2D eigenvalue weighted by molar-refractivity contribution is 0.0912. The van der Waals surface area contributed by atoms with Gasteiger partial charge in [-0.2, -0.15) is 0 Å². The van der Waals surface area contributed by atoms with Gasteiger partial charge in [-0.1, -0.05) is 61.0 Å². The number of hydrogen-bond donors (Lipinski definition) is 1. The molecule has 174 valence electrons. The molecule has 1 aliphatic rings. The van der Waals surface area contributed by atoms with Gasteiger partial charge in [0.25, 0.3) is 11.5 Å². The quantitative estimate of drug-likeness (QED) is 0.399. The highest BCUT2D eigenvalue weighted by atomic mass is 35.5. The number of nitrogens with one attached hydrogen (secondary N) is 1. The Bertz CT molecular complexity index is 1360. The van der Waals surface area contributed by atoms with Crippen LogP contribution in [0, 0.1) is 5.92 Å². The van der Waals surface area contributed by atoms with Gasteiger partial charge in [0, 0.05) is 17.3 Å². The molecular formula is C28H28ClN3O2. The summed E-state index contributed by atoms with van der Waals surface area (Å²) >= 11 is 6.05. The fourth-order valence-corrected chi connectivity index (χ4v) is 4.95. The number of halogens is 1. The molecule has 34 heavy (non-hydrogen) atoms. The number of benzene rings is 2. The molecule has 1 amide bonds. The smallest absolute Gasteiger partial charge is 0.275 e. The Labute approximate surface area is 204 Å². The van der Waals surface area contributed by atoms with Gasteiger partial charge in [0.05, 0.1) is 12.2 Å². The lowest BCUT2D eigenvalue weighted by Crippen LogP contribution is -2.40. The second-order valence-electron chi connectivity index (χ2n) is 9.30. The zero-order valence-corrected chi connectivity index (χ0v) is 20.0. The minimum atomic E-state index is -0.208. The Morgan fingerprint density at radius 2 is 1.68 bits per heavy atom. The van der Waals surface area contributed by atoms with Gasteiger partial charge in [-0.05, 0) is 67.0 Å². The second-order valence-corrected chi connectivity index (χ2v) is 9.74. The Hall–Kier alpha value is -3.31. The van der Waals surface area contributed by atoms with Crippen molar-refractivity contribution in [2.45, 2.75) is 45.2 Å². The molecule has 0 atom stereocenters. The molecule has 0 radical (unpaired) electrons. The van der Waals surface area contributed by atoms with E-state index in [1.807, 2.05) is 59.0 Å². The Morgan fingerprint density at radius 3 is 2.38 bits per heavy atom. The summed E-state index contributed by atoms with van der Waals surface area (Å²) in [5, 5.41) is 3.84. The van der Waals surface area contributed by atoms with Gasteiger partial charge < -0.3 is 9.72 Å². The largest absolute Gasteiger partial charge is 0.348 e. The predicted molar refractivity (Wildman–Crippen MR) is 137 cm³/mol. The molecule has 2 aromatic carbocycles. The van der Waals surface area contributed by atoms with Gasteiger partial charge >= 0.3 is 0 Å². The molecule has 5 nitrogen and oxygen atoms in total. The van der Waals surface area contributed by atoms with Crippen molar-refractivity contribution in [1.82, 2.24) is 14.3 Å². The molecule has 2 heterocycles. The summed E-state index contributed by atoms with van der Waals surface area (Å²) in [7, 11) is 0. The number of aromatic nitrogens is 2. The fraction of sp³-hybridized carbons (Fsp3) is 0.286. The van der Waals surface area contributed by atoms with E-state index < -0.39 is 0 Å².